The van der Waals surface area contributed by atoms with Gasteiger partial charge >= 0.3 is 0 Å². The number of nitriles is 1. The fourth-order valence-corrected chi connectivity index (χ4v) is 3.93. The molecule has 0 fully saturated rings. The fraction of sp³-hybridized carbons (Fsp3) is 0.0833. The van der Waals surface area contributed by atoms with E-state index in [4.69, 9.17) is 11.0 Å². The molecule has 0 unspecified atom stereocenters. The van der Waals surface area contributed by atoms with Crippen molar-refractivity contribution >= 4 is 26.2 Å². The quantitative estimate of drug-likeness (QED) is 0.922. The van der Waals surface area contributed by atoms with Crippen LogP contribution >= 0.6 is 11.3 Å². The minimum Gasteiger partial charge on any atom is -0.389 e. The number of nitrogens with two attached hydrogens (primary N) is 1. The molecule has 4 nitrogen and oxygen atoms in total. The molecule has 2 N–H and O–H groups in total. The predicted octanol–water partition coefficient (Wildman–Crippen LogP) is 2.41. The molecule has 0 bridgehead atoms. The predicted molar refractivity (Wildman–Crippen MR) is 72.0 cm³/mol. The average molecular weight is 296 g/mol. The molecule has 2 aromatic rings. The van der Waals surface area contributed by atoms with Gasteiger partial charge in [0, 0.05) is 17.4 Å². The monoisotopic (exact) mass is 296 g/mol. The number of anilines is 1. The third kappa shape index (κ3) is 2.32. The van der Waals surface area contributed by atoms with Crippen LogP contribution < -0.4 is 5.73 Å². The van der Waals surface area contributed by atoms with Crippen molar-refractivity contribution in [3.05, 3.63) is 35.6 Å². The number of thiophene rings is 1. The number of halogens is 1. The molecule has 0 saturated heterocycles. The second-order valence-electron chi connectivity index (χ2n) is 3.87. The van der Waals surface area contributed by atoms with E-state index in [9.17, 15) is 12.8 Å². The van der Waals surface area contributed by atoms with Gasteiger partial charge in [0.1, 0.15) is 21.1 Å². The molecule has 0 aliphatic heterocycles. The molecule has 19 heavy (non-hydrogen) atoms. The van der Waals surface area contributed by atoms with Gasteiger partial charge in [0.25, 0.3) is 0 Å². The lowest BCUT2D eigenvalue weighted by Gasteiger charge is -2.04. The fourth-order valence-electron chi connectivity index (χ4n) is 1.71. The largest absolute Gasteiger partial charge is 0.389 e. The van der Waals surface area contributed by atoms with Crippen molar-refractivity contribution in [2.45, 2.75) is 4.21 Å². The number of benzene rings is 1. The van der Waals surface area contributed by atoms with Crippen LogP contribution in [-0.2, 0) is 9.84 Å². The van der Waals surface area contributed by atoms with Gasteiger partial charge in [-0.25, -0.2) is 12.8 Å². The van der Waals surface area contributed by atoms with Gasteiger partial charge in [-0.15, -0.1) is 11.3 Å². The van der Waals surface area contributed by atoms with E-state index >= 15 is 0 Å². The summed E-state index contributed by atoms with van der Waals surface area (Å²) in [6.07, 6.45) is 1.00. The summed E-state index contributed by atoms with van der Waals surface area (Å²) in [5, 5.41) is 9.16. The van der Waals surface area contributed by atoms with Crippen LogP contribution in [0.5, 0.6) is 0 Å². The highest BCUT2D eigenvalue weighted by molar-refractivity contribution is 7.93. The number of rotatable bonds is 2. The Morgan fingerprint density at radius 1 is 1.37 bits per heavy atom. The van der Waals surface area contributed by atoms with Gasteiger partial charge < -0.3 is 5.73 Å². The Kier molecular flexibility index (Phi) is 3.30. The van der Waals surface area contributed by atoms with E-state index in [-0.39, 0.29) is 25.9 Å². The maximum Gasteiger partial charge on any atom is 0.185 e. The van der Waals surface area contributed by atoms with Crippen LogP contribution in [0.4, 0.5) is 9.39 Å². The van der Waals surface area contributed by atoms with Crippen molar-refractivity contribution in [2.75, 3.05) is 12.0 Å². The topological polar surface area (TPSA) is 83.9 Å². The van der Waals surface area contributed by atoms with Gasteiger partial charge in [-0.3, -0.25) is 0 Å². The average Bonchev–Trinajstić information content (AvgIpc) is 2.66. The summed E-state index contributed by atoms with van der Waals surface area (Å²) in [5.41, 5.74) is 5.75. The second kappa shape index (κ2) is 4.64. The zero-order chi connectivity index (χ0) is 14.2. The van der Waals surface area contributed by atoms with Crippen LogP contribution in [-0.4, -0.2) is 14.7 Å². The van der Waals surface area contributed by atoms with Gasteiger partial charge in [-0.05, 0) is 6.07 Å². The van der Waals surface area contributed by atoms with Crippen molar-refractivity contribution < 1.29 is 12.8 Å². The van der Waals surface area contributed by atoms with E-state index in [1.54, 1.807) is 6.07 Å². The smallest absolute Gasteiger partial charge is 0.185 e. The zero-order valence-electron chi connectivity index (χ0n) is 9.84. The standard InChI is InChI=1S/C12H9FN2O2S2/c1-19(16,17)12-10(8(6-14)11(15)18-12)7-4-2-3-5-9(7)13/h2-5H,15H2,1H3. The Hall–Kier alpha value is -1.91. The van der Waals surface area contributed by atoms with E-state index in [2.05, 4.69) is 0 Å². The first-order chi connectivity index (χ1) is 8.86. The molecule has 0 amide bonds. The van der Waals surface area contributed by atoms with Crippen molar-refractivity contribution in [1.29, 1.82) is 5.26 Å². The number of nitrogen functional groups attached to an aromatic ring is 1. The Labute approximate surface area is 113 Å². The van der Waals surface area contributed by atoms with Crippen LogP contribution in [0, 0.1) is 17.1 Å². The summed E-state index contributed by atoms with van der Waals surface area (Å²) in [5.74, 6) is -0.596. The molecule has 0 aliphatic rings. The summed E-state index contributed by atoms with van der Waals surface area (Å²) in [4.78, 5) is 0. The van der Waals surface area contributed by atoms with E-state index in [1.165, 1.54) is 18.2 Å². The Morgan fingerprint density at radius 2 is 2.00 bits per heavy atom. The highest BCUT2D eigenvalue weighted by Crippen LogP contribution is 2.41. The maximum atomic E-state index is 13.8. The SMILES string of the molecule is CS(=O)(=O)c1sc(N)c(C#N)c1-c1ccccc1F. The summed E-state index contributed by atoms with van der Waals surface area (Å²) in [6.45, 7) is 0. The molecule has 98 valence electrons. The Bertz CT molecular complexity index is 789. The van der Waals surface area contributed by atoms with Crippen molar-refractivity contribution in [1.82, 2.24) is 0 Å². The minimum absolute atomic E-state index is 0.00414. The van der Waals surface area contributed by atoms with E-state index in [1.807, 2.05) is 6.07 Å². The lowest BCUT2D eigenvalue weighted by atomic mass is 10.0. The third-order valence-corrected chi connectivity index (χ3v) is 5.34. The maximum absolute atomic E-state index is 13.8. The molecule has 0 saturated carbocycles. The van der Waals surface area contributed by atoms with Crippen molar-refractivity contribution in [2.24, 2.45) is 0 Å². The molecule has 1 aromatic carbocycles. The minimum atomic E-state index is -3.59. The molecular weight excluding hydrogens is 287 g/mol. The highest BCUT2D eigenvalue weighted by atomic mass is 32.2. The van der Waals surface area contributed by atoms with Gasteiger partial charge in [0.15, 0.2) is 9.84 Å². The molecule has 0 atom stereocenters. The molecule has 0 spiro atoms. The van der Waals surface area contributed by atoms with E-state index in [0.29, 0.717) is 0 Å². The Balaban J connectivity index is 2.91. The number of sulfone groups is 1. The molecule has 1 aromatic heterocycles. The van der Waals surface area contributed by atoms with Gasteiger partial charge in [-0.1, -0.05) is 18.2 Å². The van der Waals surface area contributed by atoms with Crippen molar-refractivity contribution in [3.63, 3.8) is 0 Å². The van der Waals surface area contributed by atoms with Crippen molar-refractivity contribution in [3.8, 4) is 17.2 Å². The number of hydrogen-bond acceptors (Lipinski definition) is 5. The summed E-state index contributed by atoms with van der Waals surface area (Å²) >= 11 is 0.777. The molecule has 0 aliphatic carbocycles. The summed E-state index contributed by atoms with van der Waals surface area (Å²) in [7, 11) is -3.59. The lowest BCUT2D eigenvalue weighted by Crippen LogP contribution is -1.98. The lowest BCUT2D eigenvalue weighted by molar-refractivity contribution is 0.604. The van der Waals surface area contributed by atoms with Crippen LogP contribution in [0.1, 0.15) is 5.56 Å². The van der Waals surface area contributed by atoms with Crippen LogP contribution in [0.3, 0.4) is 0 Å². The van der Waals surface area contributed by atoms with Crippen LogP contribution in [0.2, 0.25) is 0 Å². The van der Waals surface area contributed by atoms with Gasteiger partial charge in [0.05, 0.1) is 5.56 Å². The molecule has 7 heteroatoms. The number of hydrogen-bond donors (Lipinski definition) is 1. The van der Waals surface area contributed by atoms with E-state index in [0.717, 1.165) is 17.6 Å². The normalized spacial score (nSPS) is 11.2. The first-order valence-corrected chi connectivity index (χ1v) is 7.84. The molecule has 2 rings (SSSR count). The van der Waals surface area contributed by atoms with Crippen LogP contribution in [0.25, 0.3) is 11.1 Å². The van der Waals surface area contributed by atoms with Crippen LogP contribution in [0.15, 0.2) is 28.5 Å². The zero-order valence-corrected chi connectivity index (χ0v) is 11.5. The van der Waals surface area contributed by atoms with Gasteiger partial charge in [-0.2, -0.15) is 5.26 Å². The highest BCUT2D eigenvalue weighted by Gasteiger charge is 2.25. The first kappa shape index (κ1) is 13.5. The second-order valence-corrected chi connectivity index (χ2v) is 7.13. The molecule has 1 heterocycles. The number of nitrogens with zero attached hydrogens (tertiary/aromatic N) is 1. The summed E-state index contributed by atoms with van der Waals surface area (Å²) < 4.78 is 37.2. The third-order valence-electron chi connectivity index (χ3n) is 2.49. The van der Waals surface area contributed by atoms with E-state index < -0.39 is 15.7 Å². The first-order valence-electron chi connectivity index (χ1n) is 5.13. The van der Waals surface area contributed by atoms with Gasteiger partial charge in [0.2, 0.25) is 0 Å². The summed E-state index contributed by atoms with van der Waals surface area (Å²) in [6, 6.07) is 7.52. The molecular formula is C12H9FN2O2S2. The Morgan fingerprint density at radius 3 is 2.53 bits per heavy atom. The molecule has 0 radical (unpaired) electrons.